The van der Waals surface area contributed by atoms with Crippen LogP contribution in [0.3, 0.4) is 0 Å². The van der Waals surface area contributed by atoms with Gasteiger partial charge in [-0.25, -0.2) is 27.2 Å². The number of sulfone groups is 1. The number of aromatic amines is 2. The molecule has 5 aromatic heterocycles. The molecule has 0 spiro atoms. The van der Waals surface area contributed by atoms with Crippen LogP contribution in [0, 0.1) is 11.6 Å². The highest BCUT2D eigenvalue weighted by Crippen LogP contribution is 2.34. The van der Waals surface area contributed by atoms with Crippen molar-refractivity contribution in [3.05, 3.63) is 114 Å². The summed E-state index contributed by atoms with van der Waals surface area (Å²) in [6.45, 7) is 1.23. The third kappa shape index (κ3) is 6.48. The SMILES string of the molecule is CS(=O)(=O)CCc1cc(F)cc(-c2nccc3[nH]c(-c4[nH]nc5ncc(-c6cncc(CNCc7ccccc7)c6)c(F)c45)nc23)c1. The summed E-state index contributed by atoms with van der Waals surface area (Å²) in [4.78, 5) is 21.1. The molecule has 7 aromatic rings. The molecule has 0 saturated heterocycles. The van der Waals surface area contributed by atoms with Crippen molar-refractivity contribution >= 4 is 31.9 Å². The number of halogens is 2. The van der Waals surface area contributed by atoms with E-state index < -0.39 is 21.5 Å². The Kier molecular flexibility index (Phi) is 8.00. The van der Waals surface area contributed by atoms with Crippen LogP contribution in [0.2, 0.25) is 0 Å². The number of fused-ring (bicyclic) bond motifs is 2. The molecule has 2 aromatic carbocycles. The number of aromatic nitrogens is 7. The molecule has 0 radical (unpaired) electrons. The Morgan fingerprint density at radius 3 is 2.51 bits per heavy atom. The summed E-state index contributed by atoms with van der Waals surface area (Å²) in [5.41, 5.74) is 5.69. The second-order valence-electron chi connectivity index (χ2n) is 11.3. The molecule has 47 heavy (non-hydrogen) atoms. The largest absolute Gasteiger partial charge is 0.337 e. The standard InChI is InChI=1S/C34H28F2N8O2S/c1-47(45,46)10-8-21-11-23(14-25(35)13-21)30-31-27(7-9-39-30)41-34(42-31)32-28-29(36)26(19-40-33(28)44-43-32)24-12-22(17-38-18-24)16-37-15-20-5-3-2-4-6-20/h2-7,9,11-14,17-19,37H,8,10,15-16H2,1H3,(H,41,42)(H,40,43,44). The Bertz CT molecular complexity index is 2360. The maximum absolute atomic E-state index is 16.3. The first-order valence-corrected chi connectivity index (χ1v) is 16.8. The number of imidazole rings is 1. The zero-order valence-corrected chi connectivity index (χ0v) is 25.9. The predicted molar refractivity (Wildman–Crippen MR) is 176 cm³/mol. The molecule has 5 heterocycles. The fourth-order valence-corrected chi connectivity index (χ4v) is 6.11. The first-order chi connectivity index (χ1) is 22.7. The fraction of sp³-hybridized carbons (Fsp3) is 0.147. The number of benzene rings is 2. The van der Waals surface area contributed by atoms with Crippen LogP contribution in [0.25, 0.3) is 56.0 Å². The summed E-state index contributed by atoms with van der Waals surface area (Å²) in [6.07, 6.45) is 7.62. The van der Waals surface area contributed by atoms with Gasteiger partial charge in [0.25, 0.3) is 0 Å². The molecule has 0 aliphatic carbocycles. The molecule has 0 aliphatic heterocycles. The average molecular weight is 651 g/mol. The van der Waals surface area contributed by atoms with E-state index in [-0.39, 0.29) is 34.5 Å². The van der Waals surface area contributed by atoms with E-state index in [9.17, 15) is 12.8 Å². The minimum absolute atomic E-state index is 0.111. The highest BCUT2D eigenvalue weighted by atomic mass is 32.2. The van der Waals surface area contributed by atoms with Crippen molar-refractivity contribution in [1.29, 1.82) is 0 Å². The van der Waals surface area contributed by atoms with Gasteiger partial charge >= 0.3 is 0 Å². The Hall–Kier alpha value is -5.40. The molecule has 0 fully saturated rings. The quantitative estimate of drug-likeness (QED) is 0.169. The Labute approximate surface area is 268 Å². The van der Waals surface area contributed by atoms with Crippen LogP contribution in [0.5, 0.6) is 0 Å². The van der Waals surface area contributed by atoms with E-state index in [2.05, 4.69) is 35.5 Å². The normalized spacial score (nSPS) is 11.9. The fourth-order valence-electron chi connectivity index (χ4n) is 5.50. The zero-order chi connectivity index (χ0) is 32.5. The third-order valence-corrected chi connectivity index (χ3v) is 8.70. The van der Waals surface area contributed by atoms with E-state index in [1.807, 2.05) is 36.4 Å². The monoisotopic (exact) mass is 650 g/mol. The number of nitrogens with one attached hydrogen (secondary N) is 3. The van der Waals surface area contributed by atoms with E-state index in [4.69, 9.17) is 4.98 Å². The van der Waals surface area contributed by atoms with Crippen LogP contribution in [-0.4, -0.2) is 55.5 Å². The van der Waals surface area contributed by atoms with Crippen molar-refractivity contribution in [2.45, 2.75) is 19.5 Å². The van der Waals surface area contributed by atoms with E-state index in [1.54, 1.807) is 30.7 Å². The minimum Gasteiger partial charge on any atom is -0.337 e. The molecule has 3 N–H and O–H groups in total. The number of hydrogen-bond donors (Lipinski definition) is 3. The van der Waals surface area contributed by atoms with Crippen molar-refractivity contribution in [3.63, 3.8) is 0 Å². The van der Waals surface area contributed by atoms with E-state index in [0.717, 1.165) is 17.4 Å². The number of H-pyrrole nitrogens is 2. The topological polar surface area (TPSA) is 142 Å². The highest BCUT2D eigenvalue weighted by molar-refractivity contribution is 7.90. The molecule has 236 valence electrons. The molecular formula is C34H28F2N8O2S. The second-order valence-corrected chi connectivity index (χ2v) is 13.6. The highest BCUT2D eigenvalue weighted by Gasteiger charge is 2.22. The lowest BCUT2D eigenvalue weighted by Gasteiger charge is -2.08. The summed E-state index contributed by atoms with van der Waals surface area (Å²) in [5, 5.41) is 10.6. The van der Waals surface area contributed by atoms with Crippen molar-refractivity contribution < 1.29 is 17.2 Å². The van der Waals surface area contributed by atoms with E-state index in [1.165, 1.54) is 18.3 Å². The summed E-state index contributed by atoms with van der Waals surface area (Å²) in [5.74, 6) is -0.874. The van der Waals surface area contributed by atoms with Gasteiger partial charge in [0.2, 0.25) is 0 Å². The lowest BCUT2D eigenvalue weighted by molar-refractivity contribution is 0.600. The molecule has 0 bridgehead atoms. The molecule has 13 heteroatoms. The van der Waals surface area contributed by atoms with Crippen LogP contribution in [0.4, 0.5) is 8.78 Å². The molecular weight excluding hydrogens is 622 g/mol. The first kappa shape index (κ1) is 30.3. The van der Waals surface area contributed by atoms with Gasteiger partial charge in [0.1, 0.15) is 32.7 Å². The second kappa shape index (κ2) is 12.4. The summed E-state index contributed by atoms with van der Waals surface area (Å²) < 4.78 is 54.3. The number of rotatable bonds is 10. The van der Waals surface area contributed by atoms with Gasteiger partial charge in [-0.1, -0.05) is 30.3 Å². The number of nitrogens with zero attached hydrogens (tertiary/aromatic N) is 5. The third-order valence-electron chi connectivity index (χ3n) is 7.76. The van der Waals surface area contributed by atoms with Gasteiger partial charge in [0, 0.05) is 60.8 Å². The molecule has 0 unspecified atom stereocenters. The van der Waals surface area contributed by atoms with Gasteiger partial charge in [-0.2, -0.15) is 5.10 Å². The van der Waals surface area contributed by atoms with Crippen LogP contribution in [0.15, 0.2) is 85.5 Å². The van der Waals surface area contributed by atoms with Crippen LogP contribution in [-0.2, 0) is 29.3 Å². The van der Waals surface area contributed by atoms with Gasteiger partial charge < -0.3 is 10.3 Å². The van der Waals surface area contributed by atoms with Crippen LogP contribution < -0.4 is 5.32 Å². The number of hydrogen-bond acceptors (Lipinski definition) is 8. The van der Waals surface area contributed by atoms with Crippen molar-refractivity contribution in [2.24, 2.45) is 0 Å². The zero-order valence-electron chi connectivity index (χ0n) is 25.1. The number of pyridine rings is 3. The molecule has 0 atom stereocenters. The maximum Gasteiger partial charge on any atom is 0.184 e. The summed E-state index contributed by atoms with van der Waals surface area (Å²) in [6, 6.07) is 17.9. The molecule has 0 saturated carbocycles. The molecule has 0 amide bonds. The van der Waals surface area contributed by atoms with E-state index >= 15 is 4.39 Å². The van der Waals surface area contributed by atoms with Crippen molar-refractivity contribution in [2.75, 3.05) is 12.0 Å². The first-order valence-electron chi connectivity index (χ1n) is 14.8. The van der Waals surface area contributed by atoms with Gasteiger partial charge in [0.15, 0.2) is 11.5 Å². The molecule has 0 aliphatic rings. The van der Waals surface area contributed by atoms with E-state index in [0.29, 0.717) is 52.3 Å². The van der Waals surface area contributed by atoms with Gasteiger partial charge in [-0.3, -0.25) is 15.1 Å². The van der Waals surface area contributed by atoms with Gasteiger partial charge in [-0.05, 0) is 53.4 Å². The number of aryl methyl sites for hydroxylation is 1. The maximum atomic E-state index is 16.3. The lowest BCUT2D eigenvalue weighted by Crippen LogP contribution is -2.12. The minimum atomic E-state index is -3.23. The van der Waals surface area contributed by atoms with Crippen molar-refractivity contribution in [3.8, 4) is 33.9 Å². The Morgan fingerprint density at radius 1 is 0.872 bits per heavy atom. The van der Waals surface area contributed by atoms with Gasteiger partial charge in [0.05, 0.1) is 22.3 Å². The lowest BCUT2D eigenvalue weighted by atomic mass is 10.0. The smallest absolute Gasteiger partial charge is 0.184 e. The predicted octanol–water partition coefficient (Wildman–Crippen LogP) is 5.78. The summed E-state index contributed by atoms with van der Waals surface area (Å²) >= 11 is 0. The Balaban J connectivity index is 1.22. The molecule has 7 rings (SSSR count). The Morgan fingerprint density at radius 2 is 1.68 bits per heavy atom. The van der Waals surface area contributed by atoms with Crippen LogP contribution in [0.1, 0.15) is 16.7 Å². The van der Waals surface area contributed by atoms with Crippen LogP contribution >= 0.6 is 0 Å². The summed E-state index contributed by atoms with van der Waals surface area (Å²) in [7, 11) is -3.23. The van der Waals surface area contributed by atoms with Crippen molar-refractivity contribution in [1.82, 2.24) is 40.4 Å². The van der Waals surface area contributed by atoms with Gasteiger partial charge in [-0.15, -0.1) is 0 Å². The average Bonchev–Trinajstić information content (AvgIpc) is 3.69. The molecule has 10 nitrogen and oxygen atoms in total.